The Morgan fingerprint density at radius 1 is 1.46 bits per heavy atom. The quantitative estimate of drug-likeness (QED) is 0.772. The van der Waals surface area contributed by atoms with Gasteiger partial charge in [0.1, 0.15) is 11.4 Å². The average Bonchev–Trinajstić information content (AvgIpc) is 2.08. The Hall–Kier alpha value is -1.04. The van der Waals surface area contributed by atoms with Crippen LogP contribution in [0.4, 0.5) is 14.5 Å². The van der Waals surface area contributed by atoms with Crippen molar-refractivity contribution in [3.05, 3.63) is 27.6 Å². The van der Waals surface area contributed by atoms with Crippen molar-refractivity contribution >= 4 is 21.6 Å². The van der Waals surface area contributed by atoms with Gasteiger partial charge in [-0.25, -0.2) is 0 Å². The van der Waals surface area contributed by atoms with Crippen molar-refractivity contribution in [1.82, 2.24) is 0 Å². The van der Waals surface area contributed by atoms with Crippen LogP contribution in [0.5, 0.6) is 5.75 Å². The molecule has 0 amide bonds. The molecule has 0 saturated carbocycles. The van der Waals surface area contributed by atoms with Gasteiger partial charge in [0, 0.05) is 0 Å². The van der Waals surface area contributed by atoms with Crippen molar-refractivity contribution in [3.63, 3.8) is 0 Å². The molecule has 70 valence electrons. The average molecular weight is 252 g/mol. The smallest absolute Gasteiger partial charge is 0.387 e. The summed E-state index contributed by atoms with van der Waals surface area (Å²) in [4.78, 5) is 10.1. The van der Waals surface area contributed by atoms with E-state index in [2.05, 4.69) is 25.8 Å². The maximum absolute atomic E-state index is 11.8. The van der Waals surface area contributed by atoms with Crippen LogP contribution in [0.2, 0.25) is 0 Å². The monoisotopic (exact) mass is 251 g/mol. The molecule has 0 N–H and O–H groups in total. The minimum Gasteiger partial charge on any atom is -0.434 e. The maximum Gasteiger partial charge on any atom is 0.387 e. The van der Waals surface area contributed by atoms with Crippen molar-refractivity contribution in [3.8, 4) is 5.75 Å². The molecule has 0 aliphatic carbocycles. The molecule has 0 unspecified atom stereocenters. The second-order valence-electron chi connectivity index (χ2n) is 2.06. The van der Waals surface area contributed by atoms with Gasteiger partial charge in [0.25, 0.3) is 0 Å². The molecule has 0 spiro atoms. The molecule has 0 saturated heterocycles. The van der Waals surface area contributed by atoms with E-state index in [1.54, 1.807) is 0 Å². The fraction of sp³-hybridized carbons (Fsp3) is 0.143. The fourth-order valence-electron chi connectivity index (χ4n) is 0.757. The lowest BCUT2D eigenvalue weighted by Gasteiger charge is -2.06. The van der Waals surface area contributed by atoms with Gasteiger partial charge in [-0.05, 0) is 33.2 Å². The van der Waals surface area contributed by atoms with Crippen LogP contribution in [0.1, 0.15) is 0 Å². The van der Waals surface area contributed by atoms with Gasteiger partial charge in [0.15, 0.2) is 0 Å². The first-order chi connectivity index (χ1) is 6.15. The number of hydrogen-bond donors (Lipinski definition) is 0. The Bertz CT molecular complexity index is 319. The van der Waals surface area contributed by atoms with E-state index in [1.165, 1.54) is 18.2 Å². The highest BCUT2D eigenvalue weighted by atomic mass is 79.9. The third-order valence-electron chi connectivity index (χ3n) is 1.26. The fourth-order valence-corrected chi connectivity index (χ4v) is 1.19. The number of alkyl halides is 2. The van der Waals surface area contributed by atoms with Gasteiger partial charge < -0.3 is 4.74 Å². The maximum atomic E-state index is 11.8. The van der Waals surface area contributed by atoms with Gasteiger partial charge in [-0.15, -0.1) is 4.91 Å². The largest absolute Gasteiger partial charge is 0.434 e. The molecule has 1 aromatic carbocycles. The summed E-state index contributed by atoms with van der Waals surface area (Å²) in [5.41, 5.74) is 0.0261. The highest BCUT2D eigenvalue weighted by Gasteiger charge is 2.11. The van der Waals surface area contributed by atoms with E-state index >= 15 is 0 Å². The summed E-state index contributed by atoms with van der Waals surface area (Å²) in [6.07, 6.45) is 0. The molecule has 0 fully saturated rings. The number of ether oxygens (including phenoxy) is 1. The highest BCUT2D eigenvalue weighted by Crippen LogP contribution is 2.34. The van der Waals surface area contributed by atoms with Gasteiger partial charge in [-0.1, -0.05) is 6.07 Å². The summed E-state index contributed by atoms with van der Waals surface area (Å²) in [5, 5.41) is 2.62. The molecular formula is C7H4BrF2NO2. The SMILES string of the molecule is O=Nc1cccc(OC(F)F)c1Br. The normalized spacial score (nSPS) is 10.2. The molecule has 0 aliphatic rings. The first kappa shape index (κ1) is 10.0. The molecule has 0 aromatic heterocycles. The first-order valence-corrected chi connectivity index (χ1v) is 4.01. The second kappa shape index (κ2) is 4.27. The summed E-state index contributed by atoms with van der Waals surface area (Å²) < 4.78 is 27.8. The molecule has 3 nitrogen and oxygen atoms in total. The van der Waals surface area contributed by atoms with Gasteiger partial charge >= 0.3 is 6.61 Å². The third-order valence-corrected chi connectivity index (χ3v) is 2.05. The van der Waals surface area contributed by atoms with E-state index in [0.717, 1.165) is 0 Å². The molecule has 0 heterocycles. The first-order valence-electron chi connectivity index (χ1n) is 3.22. The number of benzene rings is 1. The van der Waals surface area contributed by atoms with Crippen LogP contribution in [0.15, 0.2) is 27.8 Å². The number of hydrogen-bond acceptors (Lipinski definition) is 3. The molecular weight excluding hydrogens is 248 g/mol. The van der Waals surface area contributed by atoms with E-state index in [4.69, 9.17) is 0 Å². The van der Waals surface area contributed by atoms with Crippen molar-refractivity contribution in [2.75, 3.05) is 0 Å². The van der Waals surface area contributed by atoms with E-state index in [-0.39, 0.29) is 15.9 Å². The molecule has 1 rings (SSSR count). The molecule has 0 atom stereocenters. The Labute approximate surface area is 80.8 Å². The minimum absolute atomic E-state index is 0.0261. The lowest BCUT2D eigenvalue weighted by molar-refractivity contribution is -0.0503. The van der Waals surface area contributed by atoms with Gasteiger partial charge in [0.05, 0.1) is 4.47 Å². The summed E-state index contributed by atoms with van der Waals surface area (Å²) in [7, 11) is 0. The second-order valence-corrected chi connectivity index (χ2v) is 2.85. The predicted octanol–water partition coefficient (Wildman–Crippen LogP) is 3.45. The van der Waals surface area contributed by atoms with Crippen LogP contribution in [0, 0.1) is 4.91 Å². The van der Waals surface area contributed by atoms with Crippen molar-refractivity contribution < 1.29 is 13.5 Å². The Balaban J connectivity index is 3.01. The Morgan fingerprint density at radius 2 is 2.15 bits per heavy atom. The molecule has 0 radical (unpaired) electrons. The van der Waals surface area contributed by atoms with E-state index in [9.17, 15) is 13.7 Å². The Morgan fingerprint density at radius 3 is 2.69 bits per heavy atom. The third kappa shape index (κ3) is 2.45. The number of nitroso groups, excluding NO2 is 1. The number of nitrogens with zero attached hydrogens (tertiary/aromatic N) is 1. The zero-order chi connectivity index (χ0) is 9.84. The standard InChI is InChI=1S/C7H4BrF2NO2/c8-6-4(11-12)2-1-3-5(6)13-7(9)10/h1-3,7H. The molecule has 13 heavy (non-hydrogen) atoms. The van der Waals surface area contributed by atoms with Crippen LogP contribution < -0.4 is 4.74 Å². The predicted molar refractivity (Wildman–Crippen MR) is 46.2 cm³/mol. The van der Waals surface area contributed by atoms with Crippen LogP contribution in [-0.2, 0) is 0 Å². The zero-order valence-electron chi connectivity index (χ0n) is 6.21. The van der Waals surface area contributed by atoms with Gasteiger partial charge in [0.2, 0.25) is 0 Å². The summed E-state index contributed by atoms with van der Waals surface area (Å²) in [6, 6.07) is 4.10. The van der Waals surface area contributed by atoms with E-state index in [1.807, 2.05) is 0 Å². The summed E-state index contributed by atoms with van der Waals surface area (Å²) in [6.45, 7) is -2.92. The van der Waals surface area contributed by atoms with Crippen LogP contribution >= 0.6 is 15.9 Å². The summed E-state index contributed by atoms with van der Waals surface area (Å²) >= 11 is 2.92. The Kier molecular flexibility index (Phi) is 3.30. The lowest BCUT2D eigenvalue weighted by atomic mass is 10.3. The van der Waals surface area contributed by atoms with E-state index in [0.29, 0.717) is 0 Å². The molecule has 1 aromatic rings. The molecule has 0 bridgehead atoms. The van der Waals surface area contributed by atoms with Crippen molar-refractivity contribution in [2.45, 2.75) is 6.61 Å². The zero-order valence-corrected chi connectivity index (χ0v) is 7.79. The number of rotatable bonds is 3. The van der Waals surface area contributed by atoms with Crippen molar-refractivity contribution in [1.29, 1.82) is 0 Å². The topological polar surface area (TPSA) is 38.7 Å². The molecule has 6 heteroatoms. The van der Waals surface area contributed by atoms with Gasteiger partial charge in [-0.2, -0.15) is 8.78 Å². The minimum atomic E-state index is -2.92. The summed E-state index contributed by atoms with van der Waals surface area (Å²) in [5.74, 6) is -0.105. The van der Waals surface area contributed by atoms with Crippen molar-refractivity contribution in [2.24, 2.45) is 5.18 Å². The lowest BCUT2D eigenvalue weighted by Crippen LogP contribution is -2.02. The molecule has 0 aliphatic heterocycles. The highest BCUT2D eigenvalue weighted by molar-refractivity contribution is 9.10. The van der Waals surface area contributed by atoms with E-state index < -0.39 is 6.61 Å². The van der Waals surface area contributed by atoms with Crippen LogP contribution in [-0.4, -0.2) is 6.61 Å². The van der Waals surface area contributed by atoms with Crippen LogP contribution in [0.25, 0.3) is 0 Å². The van der Waals surface area contributed by atoms with Crippen LogP contribution in [0.3, 0.4) is 0 Å². The number of halogens is 3. The van der Waals surface area contributed by atoms with Gasteiger partial charge in [-0.3, -0.25) is 0 Å².